The third kappa shape index (κ3) is 4.06. The van der Waals surface area contributed by atoms with Crippen LogP contribution in [-0.4, -0.2) is 13.7 Å². The fourth-order valence-electron chi connectivity index (χ4n) is 8.45. The van der Waals surface area contributed by atoms with Crippen LogP contribution in [0, 0.1) is 0 Å². The Hall–Kier alpha value is -6.84. The second kappa shape index (κ2) is 10.8. The first kappa shape index (κ1) is 28.0. The Morgan fingerprint density at radius 2 is 0.667 bits per heavy atom. The van der Waals surface area contributed by atoms with Crippen LogP contribution in [0.1, 0.15) is 0 Å². The Bertz CT molecular complexity index is 3120. The second-order valence-electron chi connectivity index (χ2n) is 13.4. The van der Waals surface area contributed by atoms with E-state index in [-0.39, 0.29) is 0 Å². The summed E-state index contributed by atoms with van der Waals surface area (Å²) in [5, 5.41) is 7.51. The minimum absolute atomic E-state index is 1.16. The van der Waals surface area contributed by atoms with Gasteiger partial charge in [0.15, 0.2) is 0 Å². The van der Waals surface area contributed by atoms with Crippen LogP contribution in [0.2, 0.25) is 0 Å². The zero-order valence-electron chi connectivity index (χ0n) is 27.7. The summed E-state index contributed by atoms with van der Waals surface area (Å²) in [6, 6.07) is 68.4. The molecule has 0 N–H and O–H groups in total. The Balaban J connectivity index is 1.16. The standard InChI is InChI=1S/C48H31N3/c1-3-14-34(15-4-1)49-42-22-10-8-19-37(42)40-30-32(26-28-45(40)49)33-27-29-46-41(31-33)38-20-9-12-24-44(38)51(46)47-25-13-21-39-36-18-7-11-23-43(36)50(48(39)47)35-16-5-2-6-17-35/h1-31H. The number of fused-ring (bicyclic) bond motifs is 9. The van der Waals surface area contributed by atoms with Gasteiger partial charge in [-0.05, 0) is 83.9 Å². The fraction of sp³-hybridized carbons (Fsp3) is 0. The number of rotatable bonds is 4. The molecule has 0 saturated heterocycles. The first-order chi connectivity index (χ1) is 25.3. The quantitative estimate of drug-likeness (QED) is 0.180. The molecule has 0 bridgehead atoms. The summed E-state index contributed by atoms with van der Waals surface area (Å²) in [4.78, 5) is 0. The van der Waals surface area contributed by atoms with E-state index >= 15 is 0 Å². The zero-order chi connectivity index (χ0) is 33.5. The van der Waals surface area contributed by atoms with Crippen molar-refractivity contribution in [2.75, 3.05) is 0 Å². The maximum atomic E-state index is 2.46. The van der Waals surface area contributed by atoms with Gasteiger partial charge in [-0.1, -0.05) is 115 Å². The Morgan fingerprint density at radius 3 is 1.25 bits per heavy atom. The summed E-state index contributed by atoms with van der Waals surface area (Å²) in [5.41, 5.74) is 13.2. The maximum Gasteiger partial charge on any atom is 0.0782 e. The minimum Gasteiger partial charge on any atom is -0.309 e. The molecule has 51 heavy (non-hydrogen) atoms. The monoisotopic (exact) mass is 649 g/mol. The third-order valence-electron chi connectivity index (χ3n) is 10.6. The molecule has 11 aromatic rings. The molecule has 0 aliphatic carbocycles. The van der Waals surface area contributed by atoms with E-state index < -0.39 is 0 Å². The van der Waals surface area contributed by atoms with Crippen LogP contribution in [0.3, 0.4) is 0 Å². The van der Waals surface area contributed by atoms with Crippen molar-refractivity contribution >= 4 is 65.4 Å². The van der Waals surface area contributed by atoms with Crippen LogP contribution < -0.4 is 0 Å². The molecule has 0 radical (unpaired) electrons. The van der Waals surface area contributed by atoms with E-state index in [1.807, 2.05) is 0 Å². The van der Waals surface area contributed by atoms with E-state index in [4.69, 9.17) is 0 Å². The van der Waals surface area contributed by atoms with Crippen LogP contribution in [0.15, 0.2) is 188 Å². The molecule has 3 heterocycles. The molecule has 238 valence electrons. The van der Waals surface area contributed by atoms with Crippen molar-refractivity contribution in [3.63, 3.8) is 0 Å². The number of nitrogens with zero attached hydrogens (tertiary/aromatic N) is 3. The lowest BCUT2D eigenvalue weighted by molar-refractivity contribution is 1.13. The minimum atomic E-state index is 1.16. The molecule has 3 aromatic heterocycles. The lowest BCUT2D eigenvalue weighted by Crippen LogP contribution is -2.00. The van der Waals surface area contributed by atoms with Gasteiger partial charge in [-0.25, -0.2) is 0 Å². The van der Waals surface area contributed by atoms with Gasteiger partial charge in [-0.3, -0.25) is 0 Å². The van der Waals surface area contributed by atoms with Gasteiger partial charge in [-0.2, -0.15) is 0 Å². The Labute approximate surface area is 294 Å². The van der Waals surface area contributed by atoms with Crippen molar-refractivity contribution in [2.24, 2.45) is 0 Å². The fourth-order valence-corrected chi connectivity index (χ4v) is 8.45. The van der Waals surface area contributed by atoms with Gasteiger partial charge in [-0.15, -0.1) is 0 Å². The van der Waals surface area contributed by atoms with Crippen LogP contribution >= 0.6 is 0 Å². The van der Waals surface area contributed by atoms with Gasteiger partial charge in [0.25, 0.3) is 0 Å². The summed E-state index contributed by atoms with van der Waals surface area (Å²) in [7, 11) is 0. The number of hydrogen-bond donors (Lipinski definition) is 0. The van der Waals surface area contributed by atoms with Crippen LogP contribution in [-0.2, 0) is 0 Å². The SMILES string of the molecule is c1ccc(-n2c3ccccc3c3cc(-c4ccc5c(c4)c4ccccc4n5-c4cccc5c6ccccc6n(-c6ccccc6)c45)ccc32)cc1. The summed E-state index contributed by atoms with van der Waals surface area (Å²) >= 11 is 0. The largest absolute Gasteiger partial charge is 0.309 e. The highest BCUT2D eigenvalue weighted by Crippen LogP contribution is 2.41. The molecule has 0 fully saturated rings. The molecule has 0 aliphatic rings. The van der Waals surface area contributed by atoms with E-state index in [0.29, 0.717) is 0 Å². The number of hydrogen-bond acceptors (Lipinski definition) is 0. The number of para-hydroxylation sites is 6. The summed E-state index contributed by atoms with van der Waals surface area (Å²) in [5.74, 6) is 0. The van der Waals surface area contributed by atoms with Crippen molar-refractivity contribution in [1.29, 1.82) is 0 Å². The van der Waals surface area contributed by atoms with Gasteiger partial charge in [0.05, 0.1) is 38.8 Å². The van der Waals surface area contributed by atoms with Crippen LogP contribution in [0.25, 0.3) is 93.6 Å². The van der Waals surface area contributed by atoms with Gasteiger partial charge < -0.3 is 13.7 Å². The zero-order valence-corrected chi connectivity index (χ0v) is 27.7. The maximum absolute atomic E-state index is 2.46. The van der Waals surface area contributed by atoms with Gasteiger partial charge in [0.1, 0.15) is 0 Å². The normalized spacial score (nSPS) is 11.9. The van der Waals surface area contributed by atoms with Crippen LogP contribution in [0.4, 0.5) is 0 Å². The molecule has 8 aromatic carbocycles. The first-order valence-electron chi connectivity index (χ1n) is 17.5. The van der Waals surface area contributed by atoms with E-state index in [9.17, 15) is 0 Å². The molecule has 0 atom stereocenters. The molecule has 3 heteroatoms. The average Bonchev–Trinajstić information content (AvgIpc) is 3.84. The molecular weight excluding hydrogens is 619 g/mol. The van der Waals surface area contributed by atoms with Gasteiger partial charge in [0, 0.05) is 43.7 Å². The summed E-state index contributed by atoms with van der Waals surface area (Å²) in [6.45, 7) is 0. The lowest BCUT2D eigenvalue weighted by atomic mass is 10.0. The Morgan fingerprint density at radius 1 is 0.255 bits per heavy atom. The van der Waals surface area contributed by atoms with Crippen molar-refractivity contribution in [1.82, 2.24) is 13.7 Å². The molecule has 0 saturated carbocycles. The summed E-state index contributed by atoms with van der Waals surface area (Å²) in [6.07, 6.45) is 0. The molecule has 0 amide bonds. The van der Waals surface area contributed by atoms with Crippen molar-refractivity contribution in [3.8, 4) is 28.2 Å². The Kier molecular flexibility index (Phi) is 5.96. The predicted molar refractivity (Wildman–Crippen MR) is 215 cm³/mol. The van der Waals surface area contributed by atoms with Crippen molar-refractivity contribution in [2.45, 2.75) is 0 Å². The van der Waals surface area contributed by atoms with Crippen molar-refractivity contribution in [3.05, 3.63) is 188 Å². The van der Waals surface area contributed by atoms with E-state index in [2.05, 4.69) is 202 Å². The van der Waals surface area contributed by atoms with E-state index in [0.717, 1.165) is 5.69 Å². The molecule has 0 spiro atoms. The highest BCUT2D eigenvalue weighted by Gasteiger charge is 2.20. The van der Waals surface area contributed by atoms with Gasteiger partial charge >= 0.3 is 0 Å². The molecule has 3 nitrogen and oxygen atoms in total. The van der Waals surface area contributed by atoms with E-state index in [1.54, 1.807) is 0 Å². The predicted octanol–water partition coefficient (Wildman–Crippen LogP) is 12.6. The number of benzene rings is 8. The molecule has 0 aliphatic heterocycles. The number of aromatic nitrogens is 3. The molecule has 11 rings (SSSR count). The van der Waals surface area contributed by atoms with Crippen molar-refractivity contribution < 1.29 is 0 Å². The first-order valence-corrected chi connectivity index (χ1v) is 17.5. The molecule has 0 unspecified atom stereocenters. The lowest BCUT2D eigenvalue weighted by Gasteiger charge is -2.14. The molecular formula is C48H31N3. The average molecular weight is 650 g/mol. The van der Waals surface area contributed by atoms with E-state index in [1.165, 1.54) is 87.9 Å². The highest BCUT2D eigenvalue weighted by molar-refractivity contribution is 6.16. The topological polar surface area (TPSA) is 14.8 Å². The smallest absolute Gasteiger partial charge is 0.0782 e. The summed E-state index contributed by atoms with van der Waals surface area (Å²) < 4.78 is 7.27. The second-order valence-corrected chi connectivity index (χ2v) is 13.4. The van der Waals surface area contributed by atoms with Crippen LogP contribution in [0.5, 0.6) is 0 Å². The third-order valence-corrected chi connectivity index (χ3v) is 10.6. The highest BCUT2D eigenvalue weighted by atomic mass is 15.1. The van der Waals surface area contributed by atoms with Gasteiger partial charge in [0.2, 0.25) is 0 Å².